The van der Waals surface area contributed by atoms with Crippen molar-refractivity contribution in [1.29, 1.82) is 0 Å². The average Bonchev–Trinajstić information content (AvgIpc) is 2.69. The second kappa shape index (κ2) is 10.2. The summed E-state index contributed by atoms with van der Waals surface area (Å²) in [7, 11) is 0. The number of amides is 1. The van der Waals surface area contributed by atoms with Gasteiger partial charge < -0.3 is 0 Å². The fourth-order valence-corrected chi connectivity index (χ4v) is 3.73. The first-order valence-electron chi connectivity index (χ1n) is 9.28. The second-order valence-electron chi connectivity index (χ2n) is 6.89. The van der Waals surface area contributed by atoms with Crippen LogP contribution in [0.15, 0.2) is 58.1 Å². The minimum atomic E-state index is -0.0890. The van der Waals surface area contributed by atoms with Gasteiger partial charge in [0, 0.05) is 42.2 Å². The van der Waals surface area contributed by atoms with E-state index < -0.39 is 0 Å². The Bertz CT molecular complexity index is 850. The molecule has 0 spiro atoms. The van der Waals surface area contributed by atoms with Crippen LogP contribution in [0.4, 0.5) is 0 Å². The molecule has 28 heavy (non-hydrogen) atoms. The maximum Gasteiger partial charge on any atom is 0.254 e. The Labute approximate surface area is 179 Å². The Morgan fingerprint density at radius 3 is 2.54 bits per heavy atom. The molecule has 2 aromatic carbocycles. The normalized spacial score (nSPS) is 16.2. The highest BCUT2D eigenvalue weighted by molar-refractivity contribution is 9.10. The van der Waals surface area contributed by atoms with E-state index in [-0.39, 0.29) is 5.91 Å². The molecule has 0 aliphatic carbocycles. The lowest BCUT2D eigenvalue weighted by molar-refractivity contribution is -0.122. The van der Waals surface area contributed by atoms with E-state index in [0.717, 1.165) is 59.1 Å². The molecule has 2 aromatic rings. The van der Waals surface area contributed by atoms with Gasteiger partial charge in [-0.25, -0.2) is 5.43 Å². The van der Waals surface area contributed by atoms with Crippen molar-refractivity contribution in [2.75, 3.05) is 32.7 Å². The smallest absolute Gasteiger partial charge is 0.254 e. The maximum absolute atomic E-state index is 12.2. The third-order valence-corrected chi connectivity index (χ3v) is 5.64. The molecule has 0 radical (unpaired) electrons. The molecule has 3 rings (SSSR count). The lowest BCUT2D eigenvalue weighted by Crippen LogP contribution is -2.48. The van der Waals surface area contributed by atoms with Gasteiger partial charge in [-0.3, -0.25) is 14.6 Å². The molecular formula is C21H24BrClN4O. The lowest BCUT2D eigenvalue weighted by Gasteiger charge is -2.34. The van der Waals surface area contributed by atoms with Gasteiger partial charge in [0.05, 0.1) is 12.3 Å². The summed E-state index contributed by atoms with van der Waals surface area (Å²) in [5.74, 6) is -0.0890. The summed E-state index contributed by atoms with van der Waals surface area (Å²) in [5.41, 5.74) is 5.57. The van der Waals surface area contributed by atoms with Gasteiger partial charge in [-0.1, -0.05) is 57.9 Å². The molecule has 1 aliphatic rings. The zero-order chi connectivity index (χ0) is 19.9. The van der Waals surface area contributed by atoms with Crippen LogP contribution in [0.3, 0.4) is 0 Å². The minimum absolute atomic E-state index is 0.0890. The molecule has 5 nitrogen and oxygen atoms in total. The van der Waals surface area contributed by atoms with E-state index in [1.807, 2.05) is 49.4 Å². The molecule has 148 valence electrons. The van der Waals surface area contributed by atoms with Crippen LogP contribution in [-0.4, -0.2) is 54.1 Å². The fourth-order valence-electron chi connectivity index (χ4n) is 3.14. The van der Waals surface area contributed by atoms with Crippen LogP contribution in [-0.2, 0) is 11.3 Å². The zero-order valence-electron chi connectivity index (χ0n) is 15.9. The summed E-state index contributed by atoms with van der Waals surface area (Å²) in [4.78, 5) is 16.8. The summed E-state index contributed by atoms with van der Waals surface area (Å²) in [5, 5.41) is 5.03. The predicted octanol–water partition coefficient (Wildman–Crippen LogP) is 3.76. The number of hydrazone groups is 1. The van der Waals surface area contributed by atoms with Gasteiger partial charge in [-0.05, 0) is 36.2 Å². The summed E-state index contributed by atoms with van der Waals surface area (Å²) in [6, 6.07) is 15.8. The van der Waals surface area contributed by atoms with Crippen molar-refractivity contribution in [2.45, 2.75) is 13.5 Å². The molecule has 1 aliphatic heterocycles. The highest BCUT2D eigenvalue weighted by Crippen LogP contribution is 2.18. The molecule has 0 unspecified atom stereocenters. The molecule has 0 atom stereocenters. The van der Waals surface area contributed by atoms with Crippen LogP contribution < -0.4 is 5.43 Å². The van der Waals surface area contributed by atoms with Crippen molar-refractivity contribution in [3.05, 3.63) is 69.2 Å². The van der Waals surface area contributed by atoms with Crippen LogP contribution in [0.5, 0.6) is 0 Å². The Kier molecular flexibility index (Phi) is 7.62. The van der Waals surface area contributed by atoms with E-state index >= 15 is 0 Å². The first-order chi connectivity index (χ1) is 13.5. The maximum atomic E-state index is 12.2. The number of piperazine rings is 1. The summed E-state index contributed by atoms with van der Waals surface area (Å²) >= 11 is 9.69. The predicted molar refractivity (Wildman–Crippen MR) is 118 cm³/mol. The average molecular weight is 464 g/mol. The van der Waals surface area contributed by atoms with Gasteiger partial charge in [0.1, 0.15) is 0 Å². The molecule has 0 saturated carbocycles. The van der Waals surface area contributed by atoms with Crippen LogP contribution >= 0.6 is 27.5 Å². The Hall–Kier alpha value is -1.73. The Morgan fingerprint density at radius 1 is 1.11 bits per heavy atom. The van der Waals surface area contributed by atoms with Gasteiger partial charge >= 0.3 is 0 Å². The number of nitrogens with zero attached hydrogens (tertiary/aromatic N) is 3. The van der Waals surface area contributed by atoms with Crippen molar-refractivity contribution in [3.8, 4) is 0 Å². The number of hydrogen-bond acceptors (Lipinski definition) is 4. The minimum Gasteiger partial charge on any atom is -0.296 e. The van der Waals surface area contributed by atoms with Crippen molar-refractivity contribution < 1.29 is 4.79 Å². The number of carbonyl (C=O) groups is 1. The van der Waals surface area contributed by atoms with Crippen molar-refractivity contribution >= 4 is 39.1 Å². The second-order valence-corrected chi connectivity index (χ2v) is 8.21. The molecule has 1 amide bonds. The van der Waals surface area contributed by atoms with Crippen LogP contribution in [0.1, 0.15) is 18.1 Å². The molecule has 0 aromatic heterocycles. The molecule has 1 fully saturated rings. The monoisotopic (exact) mass is 462 g/mol. The van der Waals surface area contributed by atoms with Crippen molar-refractivity contribution in [1.82, 2.24) is 15.2 Å². The van der Waals surface area contributed by atoms with E-state index in [4.69, 9.17) is 11.6 Å². The van der Waals surface area contributed by atoms with Crippen LogP contribution in [0.2, 0.25) is 5.02 Å². The molecule has 1 N–H and O–H groups in total. The van der Waals surface area contributed by atoms with Gasteiger partial charge in [0.15, 0.2) is 0 Å². The van der Waals surface area contributed by atoms with Gasteiger partial charge in [-0.15, -0.1) is 0 Å². The number of rotatable bonds is 6. The topological polar surface area (TPSA) is 47.9 Å². The number of carbonyl (C=O) groups excluding carboxylic acids is 1. The van der Waals surface area contributed by atoms with Gasteiger partial charge in [-0.2, -0.15) is 5.10 Å². The van der Waals surface area contributed by atoms with E-state index in [9.17, 15) is 4.79 Å². The van der Waals surface area contributed by atoms with E-state index in [0.29, 0.717) is 6.54 Å². The molecule has 0 bridgehead atoms. The van der Waals surface area contributed by atoms with E-state index in [1.54, 1.807) is 0 Å². The Balaban J connectivity index is 1.43. The third kappa shape index (κ3) is 6.14. The summed E-state index contributed by atoms with van der Waals surface area (Å²) in [6.45, 7) is 6.62. The highest BCUT2D eigenvalue weighted by Gasteiger charge is 2.19. The number of hydrogen-bond donors (Lipinski definition) is 1. The molecular weight excluding hydrogens is 440 g/mol. The van der Waals surface area contributed by atoms with Crippen LogP contribution in [0.25, 0.3) is 0 Å². The zero-order valence-corrected chi connectivity index (χ0v) is 18.2. The first-order valence-corrected chi connectivity index (χ1v) is 10.5. The standard InChI is InChI=1S/C21H24BrClN4O/c1-16(17-6-4-7-19(22)13-17)24-25-21(28)15-27-11-9-26(10-12-27)14-18-5-2-3-8-20(18)23/h2-8,13H,9-12,14-15H2,1H3,(H,25,28)/b24-16-. The highest BCUT2D eigenvalue weighted by atomic mass is 79.9. The first kappa shape index (κ1) is 21.0. The molecule has 1 heterocycles. The fraction of sp³-hybridized carbons (Fsp3) is 0.333. The molecule has 1 saturated heterocycles. The van der Waals surface area contributed by atoms with Crippen molar-refractivity contribution in [2.24, 2.45) is 5.10 Å². The number of nitrogens with one attached hydrogen (secondary N) is 1. The van der Waals surface area contributed by atoms with E-state index in [1.165, 1.54) is 0 Å². The summed E-state index contributed by atoms with van der Waals surface area (Å²) < 4.78 is 0.987. The quantitative estimate of drug-likeness (QED) is 0.524. The third-order valence-electron chi connectivity index (χ3n) is 4.77. The van der Waals surface area contributed by atoms with Gasteiger partial charge in [0.2, 0.25) is 0 Å². The lowest BCUT2D eigenvalue weighted by atomic mass is 10.1. The number of benzene rings is 2. The SMILES string of the molecule is C/C(=N/NC(=O)CN1CCN(Cc2ccccc2Cl)CC1)c1cccc(Br)c1. The van der Waals surface area contributed by atoms with E-state index in [2.05, 4.69) is 42.3 Å². The van der Waals surface area contributed by atoms with Crippen LogP contribution in [0, 0.1) is 0 Å². The summed E-state index contributed by atoms with van der Waals surface area (Å²) in [6.07, 6.45) is 0. The Morgan fingerprint density at radius 2 is 1.82 bits per heavy atom. The number of halogens is 2. The van der Waals surface area contributed by atoms with Gasteiger partial charge in [0.25, 0.3) is 5.91 Å². The largest absolute Gasteiger partial charge is 0.296 e. The van der Waals surface area contributed by atoms with Crippen molar-refractivity contribution in [3.63, 3.8) is 0 Å². The molecule has 7 heteroatoms.